The molecule has 162 valence electrons. The van der Waals surface area contributed by atoms with Crippen LogP contribution >= 0.6 is 11.8 Å². The van der Waals surface area contributed by atoms with Crippen LogP contribution in [0.4, 0.5) is 0 Å². The standard InChI is InChI=1S/C24H51N2S/c1-6-7-8-9-10-11-12-13-14-15-16-17-18-19-20-21-22-23-26(4)24(27-5)25(2)3/h6-23H2,1-5H3/q+1. The van der Waals surface area contributed by atoms with Crippen molar-refractivity contribution >= 4 is 16.9 Å². The Kier molecular flexibility index (Phi) is 20.4. The van der Waals surface area contributed by atoms with Crippen molar-refractivity contribution in [2.45, 2.75) is 116 Å². The molecule has 27 heavy (non-hydrogen) atoms. The van der Waals surface area contributed by atoms with Crippen molar-refractivity contribution in [3.63, 3.8) is 0 Å². The van der Waals surface area contributed by atoms with E-state index in [2.05, 4.69) is 43.8 Å². The highest BCUT2D eigenvalue weighted by atomic mass is 32.2. The Balaban J connectivity index is 3.28. The summed E-state index contributed by atoms with van der Waals surface area (Å²) in [5.41, 5.74) is 0. The summed E-state index contributed by atoms with van der Waals surface area (Å²) in [5, 5.41) is 1.37. The molecule has 0 fully saturated rings. The lowest BCUT2D eigenvalue weighted by molar-refractivity contribution is -0.499. The summed E-state index contributed by atoms with van der Waals surface area (Å²) in [6.07, 6.45) is 26.7. The fourth-order valence-corrected chi connectivity index (χ4v) is 4.62. The van der Waals surface area contributed by atoms with E-state index in [1.54, 1.807) is 0 Å². The second-order valence-corrected chi connectivity index (χ2v) is 9.23. The van der Waals surface area contributed by atoms with Gasteiger partial charge in [0.25, 0.3) is 0 Å². The summed E-state index contributed by atoms with van der Waals surface area (Å²) in [5.74, 6) is 0. The van der Waals surface area contributed by atoms with Gasteiger partial charge in [-0.1, -0.05) is 103 Å². The average molecular weight is 400 g/mol. The third kappa shape index (κ3) is 17.6. The normalized spacial score (nSPS) is 12.3. The lowest BCUT2D eigenvalue weighted by Gasteiger charge is -2.11. The van der Waals surface area contributed by atoms with Gasteiger partial charge >= 0.3 is 5.17 Å². The van der Waals surface area contributed by atoms with E-state index in [0.717, 1.165) is 0 Å². The zero-order valence-electron chi connectivity index (χ0n) is 19.5. The molecule has 0 rings (SSSR count). The van der Waals surface area contributed by atoms with Crippen molar-refractivity contribution in [1.29, 1.82) is 0 Å². The van der Waals surface area contributed by atoms with Crippen LogP contribution in [0, 0.1) is 0 Å². The van der Waals surface area contributed by atoms with Crippen molar-refractivity contribution in [3.8, 4) is 0 Å². The van der Waals surface area contributed by atoms with E-state index in [9.17, 15) is 0 Å². The summed E-state index contributed by atoms with van der Waals surface area (Å²) >= 11 is 1.84. The number of thioether (sulfide) groups is 1. The van der Waals surface area contributed by atoms with Crippen LogP contribution in [0.5, 0.6) is 0 Å². The molecule has 0 N–H and O–H groups in total. The van der Waals surface area contributed by atoms with Gasteiger partial charge in [-0.2, -0.15) is 0 Å². The first-order chi connectivity index (χ1) is 13.1. The molecule has 2 nitrogen and oxygen atoms in total. The van der Waals surface area contributed by atoms with Crippen LogP contribution in [0.15, 0.2) is 0 Å². The van der Waals surface area contributed by atoms with Gasteiger partial charge in [0.2, 0.25) is 0 Å². The van der Waals surface area contributed by atoms with Crippen molar-refractivity contribution in [2.75, 3.05) is 33.9 Å². The van der Waals surface area contributed by atoms with E-state index < -0.39 is 0 Å². The number of hydrogen-bond donors (Lipinski definition) is 0. The highest BCUT2D eigenvalue weighted by Gasteiger charge is 2.10. The van der Waals surface area contributed by atoms with Gasteiger partial charge in [0.15, 0.2) is 0 Å². The van der Waals surface area contributed by atoms with Crippen LogP contribution in [-0.2, 0) is 0 Å². The van der Waals surface area contributed by atoms with Crippen LogP contribution in [-0.4, -0.2) is 48.6 Å². The van der Waals surface area contributed by atoms with Gasteiger partial charge in [0.05, 0.1) is 27.7 Å². The van der Waals surface area contributed by atoms with Gasteiger partial charge in [0.1, 0.15) is 0 Å². The minimum atomic E-state index is 1.19. The van der Waals surface area contributed by atoms with Gasteiger partial charge in [-0.15, -0.1) is 0 Å². The van der Waals surface area contributed by atoms with Crippen LogP contribution in [0.1, 0.15) is 116 Å². The fraction of sp³-hybridized carbons (Fsp3) is 0.958. The molecule has 0 radical (unpaired) electrons. The molecule has 0 saturated carbocycles. The van der Waals surface area contributed by atoms with E-state index in [0.29, 0.717) is 0 Å². The predicted octanol–water partition coefficient (Wildman–Crippen LogP) is 7.56. The van der Waals surface area contributed by atoms with Gasteiger partial charge in [-0.05, 0) is 30.9 Å². The lowest BCUT2D eigenvalue weighted by atomic mass is 10.0. The molecular weight excluding hydrogens is 348 g/mol. The number of amidine groups is 1. The maximum absolute atomic E-state index is 2.40. The van der Waals surface area contributed by atoms with E-state index in [4.69, 9.17) is 0 Å². The van der Waals surface area contributed by atoms with E-state index in [-0.39, 0.29) is 0 Å². The SMILES string of the molecule is CCCCCCCCCCCCCCCCCCC/[N+](C)=C(/SC)N(C)C. The molecule has 0 aliphatic carbocycles. The Hall–Kier alpha value is -0.180. The minimum absolute atomic E-state index is 1.19. The molecule has 0 aliphatic heterocycles. The van der Waals surface area contributed by atoms with Gasteiger partial charge in [0, 0.05) is 0 Å². The Labute approximate surface area is 176 Å². The third-order valence-electron chi connectivity index (χ3n) is 5.49. The first-order valence-electron chi connectivity index (χ1n) is 11.9. The van der Waals surface area contributed by atoms with Crippen LogP contribution in [0.2, 0.25) is 0 Å². The Bertz CT molecular complexity index is 339. The molecule has 0 bridgehead atoms. The summed E-state index contributed by atoms with van der Waals surface area (Å²) in [6.45, 7) is 3.49. The molecule has 0 aromatic rings. The molecule has 0 aliphatic rings. The second kappa shape index (κ2) is 20.6. The number of nitrogens with zero attached hydrogens (tertiary/aromatic N) is 2. The molecular formula is C24H51N2S+. The van der Waals surface area contributed by atoms with E-state index >= 15 is 0 Å². The van der Waals surface area contributed by atoms with Crippen LogP contribution in [0.3, 0.4) is 0 Å². The topological polar surface area (TPSA) is 6.25 Å². The highest BCUT2D eigenvalue weighted by Crippen LogP contribution is 2.14. The number of hydrogen-bond acceptors (Lipinski definition) is 1. The van der Waals surface area contributed by atoms with Gasteiger partial charge < -0.3 is 0 Å². The smallest absolute Gasteiger partial charge is 0.262 e. The Morgan fingerprint density at radius 2 is 0.963 bits per heavy atom. The van der Waals surface area contributed by atoms with Gasteiger partial charge in [-0.3, -0.25) is 9.48 Å². The zero-order valence-corrected chi connectivity index (χ0v) is 20.3. The average Bonchev–Trinajstić information content (AvgIpc) is 2.64. The van der Waals surface area contributed by atoms with Crippen molar-refractivity contribution < 1.29 is 4.58 Å². The fourth-order valence-electron chi connectivity index (χ4n) is 3.85. The Morgan fingerprint density at radius 3 is 1.26 bits per heavy atom. The lowest BCUT2D eigenvalue weighted by Crippen LogP contribution is -2.28. The van der Waals surface area contributed by atoms with Crippen LogP contribution in [0.25, 0.3) is 0 Å². The minimum Gasteiger partial charge on any atom is -0.262 e. The monoisotopic (exact) mass is 399 g/mol. The predicted molar refractivity (Wildman–Crippen MR) is 127 cm³/mol. The molecule has 3 heteroatoms. The molecule has 0 amide bonds. The molecule has 0 unspecified atom stereocenters. The van der Waals surface area contributed by atoms with Gasteiger partial charge in [-0.25, -0.2) is 0 Å². The summed E-state index contributed by atoms with van der Waals surface area (Å²) in [7, 11) is 6.49. The number of unbranched alkanes of at least 4 members (excludes halogenated alkanes) is 16. The molecule has 0 aromatic carbocycles. The van der Waals surface area contributed by atoms with Crippen LogP contribution < -0.4 is 0 Å². The molecule has 0 atom stereocenters. The summed E-state index contributed by atoms with van der Waals surface area (Å²) in [6, 6.07) is 0. The zero-order chi connectivity index (χ0) is 20.2. The van der Waals surface area contributed by atoms with Crippen molar-refractivity contribution in [1.82, 2.24) is 4.90 Å². The molecule has 0 heterocycles. The quantitative estimate of drug-likeness (QED) is 0.101. The highest BCUT2D eigenvalue weighted by molar-refractivity contribution is 8.12. The van der Waals surface area contributed by atoms with Crippen molar-refractivity contribution in [2.24, 2.45) is 0 Å². The Morgan fingerprint density at radius 1 is 0.630 bits per heavy atom. The summed E-state index contributed by atoms with van der Waals surface area (Å²) in [4.78, 5) is 2.22. The first kappa shape index (κ1) is 26.8. The largest absolute Gasteiger partial charge is 0.307 e. The van der Waals surface area contributed by atoms with E-state index in [1.165, 1.54) is 121 Å². The molecule has 0 spiro atoms. The second-order valence-electron chi connectivity index (χ2n) is 8.46. The molecule has 0 aromatic heterocycles. The number of rotatable bonds is 18. The van der Waals surface area contributed by atoms with Crippen molar-refractivity contribution in [3.05, 3.63) is 0 Å². The maximum atomic E-state index is 2.40. The summed E-state index contributed by atoms with van der Waals surface area (Å²) < 4.78 is 2.40. The third-order valence-corrected chi connectivity index (χ3v) is 6.53. The maximum Gasteiger partial charge on any atom is 0.307 e. The first-order valence-corrected chi connectivity index (χ1v) is 13.1. The molecule has 0 saturated heterocycles. The van der Waals surface area contributed by atoms with E-state index in [1.807, 2.05) is 11.8 Å².